The zero-order valence-electron chi connectivity index (χ0n) is 7.31. The third kappa shape index (κ3) is 2.71. The summed E-state index contributed by atoms with van der Waals surface area (Å²) in [5, 5.41) is 0.227. The van der Waals surface area contributed by atoms with E-state index in [-0.39, 0.29) is 0 Å². The molecule has 0 N–H and O–H groups in total. The Bertz CT molecular complexity index is 321. The van der Waals surface area contributed by atoms with Crippen molar-refractivity contribution in [2.24, 2.45) is 0 Å². The van der Waals surface area contributed by atoms with Gasteiger partial charge in [-0.15, -0.1) is 0 Å². The first-order valence-corrected chi connectivity index (χ1v) is 4.89. The molecule has 0 radical (unpaired) electrons. The topological polar surface area (TPSA) is 17.1 Å². The highest BCUT2D eigenvalue weighted by atomic mass is 35.5. The van der Waals surface area contributed by atoms with Crippen molar-refractivity contribution in [3.63, 3.8) is 0 Å². The second-order valence-corrected chi connectivity index (χ2v) is 3.60. The predicted octanol–water partition coefficient (Wildman–Crippen LogP) is 3.67. The van der Waals surface area contributed by atoms with E-state index in [0.717, 1.165) is 18.4 Å². The van der Waals surface area contributed by atoms with Gasteiger partial charge >= 0.3 is 0 Å². The highest BCUT2D eigenvalue weighted by Gasteiger charge is 2.08. The molecule has 0 bridgehead atoms. The van der Waals surface area contributed by atoms with Crippen molar-refractivity contribution >= 4 is 28.4 Å². The molecular formula is C10H10Cl2O. The Kier molecular flexibility index (Phi) is 3.76. The van der Waals surface area contributed by atoms with Crippen molar-refractivity contribution < 1.29 is 4.79 Å². The van der Waals surface area contributed by atoms with E-state index in [1.807, 2.05) is 6.92 Å². The first-order chi connectivity index (χ1) is 6.15. The first-order valence-electron chi connectivity index (χ1n) is 4.13. The third-order valence-electron chi connectivity index (χ3n) is 1.80. The molecule has 13 heavy (non-hydrogen) atoms. The fourth-order valence-electron chi connectivity index (χ4n) is 1.23. The van der Waals surface area contributed by atoms with Crippen LogP contribution in [0.1, 0.15) is 29.3 Å². The maximum Gasteiger partial charge on any atom is 0.252 e. The van der Waals surface area contributed by atoms with Gasteiger partial charge in [0.05, 0.1) is 0 Å². The van der Waals surface area contributed by atoms with Crippen molar-refractivity contribution in [2.75, 3.05) is 0 Å². The van der Waals surface area contributed by atoms with Crippen LogP contribution < -0.4 is 0 Å². The number of carbonyl (C=O) groups excluding carboxylic acids is 1. The van der Waals surface area contributed by atoms with Gasteiger partial charge in [0, 0.05) is 10.6 Å². The third-order valence-corrected chi connectivity index (χ3v) is 2.24. The SMILES string of the molecule is CCCc1cc(Cl)ccc1C(=O)Cl. The van der Waals surface area contributed by atoms with Crippen molar-refractivity contribution in [2.45, 2.75) is 19.8 Å². The van der Waals surface area contributed by atoms with Gasteiger partial charge in [0.1, 0.15) is 0 Å². The molecule has 3 heteroatoms. The molecule has 1 aromatic carbocycles. The predicted molar refractivity (Wildman–Crippen MR) is 55.6 cm³/mol. The molecule has 0 heterocycles. The average molecular weight is 217 g/mol. The minimum absolute atomic E-state index is 0.417. The highest BCUT2D eigenvalue weighted by Crippen LogP contribution is 2.19. The lowest BCUT2D eigenvalue weighted by Crippen LogP contribution is -1.96. The standard InChI is InChI=1S/C10H10Cl2O/c1-2-3-7-6-8(11)4-5-9(7)10(12)13/h4-6H,2-3H2,1H3. The molecule has 0 aromatic heterocycles. The molecule has 0 aliphatic heterocycles. The summed E-state index contributed by atoms with van der Waals surface area (Å²) in [4.78, 5) is 11.0. The molecule has 0 fully saturated rings. The van der Waals surface area contributed by atoms with Gasteiger partial charge in [-0.25, -0.2) is 0 Å². The molecule has 0 amide bonds. The van der Waals surface area contributed by atoms with Crippen LogP contribution in [0.25, 0.3) is 0 Å². The average Bonchev–Trinajstić information content (AvgIpc) is 2.04. The Balaban J connectivity index is 3.10. The number of rotatable bonds is 3. The van der Waals surface area contributed by atoms with Gasteiger partial charge in [-0.3, -0.25) is 4.79 Å². The maximum atomic E-state index is 11.0. The van der Waals surface area contributed by atoms with E-state index in [4.69, 9.17) is 23.2 Å². The van der Waals surface area contributed by atoms with Crippen LogP contribution in [0.5, 0.6) is 0 Å². The summed E-state index contributed by atoms with van der Waals surface area (Å²) in [6.07, 6.45) is 1.80. The second-order valence-electron chi connectivity index (χ2n) is 2.83. The molecule has 0 atom stereocenters. The van der Waals surface area contributed by atoms with E-state index in [1.54, 1.807) is 18.2 Å². The summed E-state index contributed by atoms with van der Waals surface area (Å²) >= 11 is 11.2. The van der Waals surface area contributed by atoms with Crippen molar-refractivity contribution in [3.05, 3.63) is 34.3 Å². The van der Waals surface area contributed by atoms with Crippen LogP contribution in [0.3, 0.4) is 0 Å². The number of benzene rings is 1. The highest BCUT2D eigenvalue weighted by molar-refractivity contribution is 6.67. The van der Waals surface area contributed by atoms with Crippen LogP contribution in [-0.4, -0.2) is 5.24 Å². The van der Waals surface area contributed by atoms with Crippen molar-refractivity contribution in [1.82, 2.24) is 0 Å². The van der Waals surface area contributed by atoms with Crippen LogP contribution in [0, 0.1) is 0 Å². The molecule has 1 nitrogen and oxygen atoms in total. The number of aryl methyl sites for hydroxylation is 1. The number of hydrogen-bond acceptors (Lipinski definition) is 1. The summed E-state index contributed by atoms with van der Waals surface area (Å²) in [6, 6.07) is 5.14. The number of carbonyl (C=O) groups is 1. The lowest BCUT2D eigenvalue weighted by molar-refractivity contribution is 0.108. The van der Waals surface area contributed by atoms with Crippen LogP contribution in [0.15, 0.2) is 18.2 Å². The van der Waals surface area contributed by atoms with E-state index < -0.39 is 5.24 Å². The largest absolute Gasteiger partial charge is 0.276 e. The smallest absolute Gasteiger partial charge is 0.252 e. The van der Waals surface area contributed by atoms with Crippen LogP contribution >= 0.6 is 23.2 Å². The summed E-state index contributed by atoms with van der Waals surface area (Å²) in [5.41, 5.74) is 1.49. The molecule has 1 aromatic rings. The molecule has 0 saturated heterocycles. The zero-order valence-corrected chi connectivity index (χ0v) is 8.82. The summed E-state index contributed by atoms with van der Waals surface area (Å²) < 4.78 is 0. The van der Waals surface area contributed by atoms with Gasteiger partial charge in [-0.2, -0.15) is 0 Å². The van der Waals surface area contributed by atoms with Gasteiger partial charge in [-0.05, 0) is 41.8 Å². The first kappa shape index (κ1) is 10.6. The molecular weight excluding hydrogens is 207 g/mol. The summed E-state index contributed by atoms with van der Waals surface area (Å²) in [5.74, 6) is 0. The fourth-order valence-corrected chi connectivity index (χ4v) is 1.61. The Labute approximate surface area is 87.7 Å². The number of halogens is 2. The molecule has 0 unspecified atom stereocenters. The van der Waals surface area contributed by atoms with Crippen LogP contribution in [0.4, 0.5) is 0 Å². The molecule has 0 saturated carbocycles. The maximum absolute atomic E-state index is 11.0. The van der Waals surface area contributed by atoms with Gasteiger partial charge in [-0.1, -0.05) is 24.9 Å². The van der Waals surface area contributed by atoms with E-state index in [9.17, 15) is 4.79 Å². The molecule has 70 valence electrons. The Morgan fingerprint density at radius 2 is 2.15 bits per heavy atom. The molecule has 0 spiro atoms. The van der Waals surface area contributed by atoms with Crippen molar-refractivity contribution in [1.29, 1.82) is 0 Å². The van der Waals surface area contributed by atoms with Gasteiger partial charge < -0.3 is 0 Å². The van der Waals surface area contributed by atoms with Gasteiger partial charge in [0.15, 0.2) is 0 Å². The lowest BCUT2D eigenvalue weighted by atomic mass is 10.0. The van der Waals surface area contributed by atoms with E-state index in [2.05, 4.69) is 0 Å². The van der Waals surface area contributed by atoms with E-state index in [1.165, 1.54) is 0 Å². The fraction of sp³-hybridized carbons (Fsp3) is 0.300. The normalized spacial score (nSPS) is 10.1. The van der Waals surface area contributed by atoms with Gasteiger partial charge in [0.25, 0.3) is 5.24 Å². The van der Waals surface area contributed by atoms with Gasteiger partial charge in [0.2, 0.25) is 0 Å². The van der Waals surface area contributed by atoms with E-state index >= 15 is 0 Å². The van der Waals surface area contributed by atoms with Crippen molar-refractivity contribution in [3.8, 4) is 0 Å². The summed E-state index contributed by atoms with van der Waals surface area (Å²) in [6.45, 7) is 2.05. The second kappa shape index (κ2) is 4.64. The zero-order chi connectivity index (χ0) is 9.84. The molecule has 0 aliphatic rings. The van der Waals surface area contributed by atoms with Crippen LogP contribution in [0.2, 0.25) is 5.02 Å². The Morgan fingerprint density at radius 3 is 2.69 bits per heavy atom. The minimum atomic E-state index is -0.417. The van der Waals surface area contributed by atoms with Crippen LogP contribution in [-0.2, 0) is 6.42 Å². The monoisotopic (exact) mass is 216 g/mol. The quantitative estimate of drug-likeness (QED) is 0.706. The Hall–Kier alpha value is -0.530. The minimum Gasteiger partial charge on any atom is -0.276 e. The molecule has 0 aliphatic carbocycles. The lowest BCUT2D eigenvalue weighted by Gasteiger charge is -2.04. The van der Waals surface area contributed by atoms with E-state index in [0.29, 0.717) is 10.6 Å². The molecule has 1 rings (SSSR count). The Morgan fingerprint density at radius 1 is 1.46 bits per heavy atom. The summed E-state index contributed by atoms with van der Waals surface area (Å²) in [7, 11) is 0. The number of hydrogen-bond donors (Lipinski definition) is 0.